The minimum Gasteiger partial charge on any atom is -0.296 e. The fourth-order valence-corrected chi connectivity index (χ4v) is 4.12. The Labute approximate surface area is 165 Å². The molecule has 0 aliphatic heterocycles. The van der Waals surface area contributed by atoms with Crippen LogP contribution >= 0.6 is 11.3 Å². The fraction of sp³-hybridized carbons (Fsp3) is 0.167. The first-order valence-corrected chi connectivity index (χ1v) is 10.6. The number of carbonyl (C=O) groups excluding carboxylic acids is 1. The molecule has 1 heterocycles. The summed E-state index contributed by atoms with van der Waals surface area (Å²) in [6.07, 6.45) is 0.704. The zero-order valence-electron chi connectivity index (χ0n) is 15.1. The molecular formula is C18H17FN4O3S2. The molecule has 10 heteroatoms. The monoisotopic (exact) mass is 420 g/mol. The van der Waals surface area contributed by atoms with E-state index in [1.807, 2.05) is 6.92 Å². The Morgan fingerprint density at radius 3 is 2.50 bits per heavy atom. The van der Waals surface area contributed by atoms with Crippen molar-refractivity contribution in [1.29, 1.82) is 0 Å². The van der Waals surface area contributed by atoms with E-state index in [9.17, 15) is 17.6 Å². The number of aromatic nitrogens is 2. The van der Waals surface area contributed by atoms with Gasteiger partial charge in [-0.05, 0) is 55.3 Å². The molecule has 0 atom stereocenters. The summed E-state index contributed by atoms with van der Waals surface area (Å²) in [5.41, 5.74) is 1.03. The lowest BCUT2D eigenvalue weighted by atomic mass is 10.1. The van der Waals surface area contributed by atoms with Gasteiger partial charge in [0.05, 0.1) is 4.90 Å². The van der Waals surface area contributed by atoms with Crippen LogP contribution in [0.25, 0.3) is 0 Å². The SMILES string of the molecule is CCc1nnc(NC(=O)c2cc(S(=O)(=O)Nc3ccc(F)cc3)ccc2C)s1. The third kappa shape index (κ3) is 4.52. The van der Waals surface area contributed by atoms with Gasteiger partial charge in [-0.2, -0.15) is 0 Å². The van der Waals surface area contributed by atoms with E-state index in [1.165, 1.54) is 35.6 Å². The molecule has 3 aromatic rings. The van der Waals surface area contributed by atoms with Crippen LogP contribution in [0, 0.1) is 12.7 Å². The van der Waals surface area contributed by atoms with E-state index >= 15 is 0 Å². The predicted molar refractivity (Wildman–Crippen MR) is 106 cm³/mol. The topological polar surface area (TPSA) is 101 Å². The molecule has 2 N–H and O–H groups in total. The number of amides is 1. The first-order valence-electron chi connectivity index (χ1n) is 8.31. The lowest BCUT2D eigenvalue weighted by Crippen LogP contribution is -2.17. The van der Waals surface area contributed by atoms with E-state index in [1.54, 1.807) is 13.0 Å². The van der Waals surface area contributed by atoms with E-state index in [4.69, 9.17) is 0 Å². The summed E-state index contributed by atoms with van der Waals surface area (Å²) >= 11 is 1.26. The Kier molecular flexibility index (Phi) is 5.71. The van der Waals surface area contributed by atoms with Crippen LogP contribution in [0.3, 0.4) is 0 Å². The number of anilines is 2. The minimum absolute atomic E-state index is 0.0842. The molecule has 0 fully saturated rings. The van der Waals surface area contributed by atoms with Crippen LogP contribution in [-0.2, 0) is 16.4 Å². The smallest absolute Gasteiger partial charge is 0.261 e. The largest absolute Gasteiger partial charge is 0.296 e. The summed E-state index contributed by atoms with van der Waals surface area (Å²) in [5, 5.41) is 11.6. The zero-order chi connectivity index (χ0) is 20.3. The van der Waals surface area contributed by atoms with Crippen LogP contribution in [-0.4, -0.2) is 24.5 Å². The van der Waals surface area contributed by atoms with Crippen LogP contribution in [0.15, 0.2) is 47.4 Å². The number of halogens is 1. The maximum absolute atomic E-state index is 13.0. The summed E-state index contributed by atoms with van der Waals surface area (Å²) in [6.45, 7) is 3.63. The Morgan fingerprint density at radius 1 is 1.14 bits per heavy atom. The van der Waals surface area contributed by atoms with Crippen molar-refractivity contribution in [3.8, 4) is 0 Å². The Morgan fingerprint density at radius 2 is 1.86 bits per heavy atom. The highest BCUT2D eigenvalue weighted by atomic mass is 32.2. The van der Waals surface area contributed by atoms with Crippen LogP contribution in [0.2, 0.25) is 0 Å². The number of hydrogen-bond acceptors (Lipinski definition) is 6. The summed E-state index contributed by atoms with van der Waals surface area (Å²) in [6, 6.07) is 9.17. The van der Waals surface area contributed by atoms with Crippen LogP contribution in [0.4, 0.5) is 15.2 Å². The molecule has 7 nitrogen and oxygen atoms in total. The van der Waals surface area contributed by atoms with Gasteiger partial charge in [-0.25, -0.2) is 12.8 Å². The van der Waals surface area contributed by atoms with Gasteiger partial charge in [-0.15, -0.1) is 10.2 Å². The number of carbonyl (C=O) groups is 1. The van der Waals surface area contributed by atoms with Crippen molar-refractivity contribution < 1.29 is 17.6 Å². The lowest BCUT2D eigenvalue weighted by molar-refractivity contribution is 0.102. The Bertz CT molecular complexity index is 1110. The molecule has 0 unspecified atom stereocenters. The predicted octanol–water partition coefficient (Wildman–Crippen LogP) is 3.60. The number of aryl methyl sites for hydroxylation is 2. The summed E-state index contributed by atoms with van der Waals surface area (Å²) in [7, 11) is -3.95. The van der Waals surface area contributed by atoms with Crippen molar-refractivity contribution in [2.24, 2.45) is 0 Å². The van der Waals surface area contributed by atoms with Gasteiger partial charge >= 0.3 is 0 Å². The first-order chi connectivity index (χ1) is 13.3. The van der Waals surface area contributed by atoms with Gasteiger partial charge in [-0.3, -0.25) is 14.8 Å². The fourth-order valence-electron chi connectivity index (χ4n) is 2.36. The number of sulfonamides is 1. The maximum Gasteiger partial charge on any atom is 0.261 e. The maximum atomic E-state index is 13.0. The third-order valence-electron chi connectivity index (χ3n) is 3.85. The van der Waals surface area contributed by atoms with Gasteiger partial charge in [0.2, 0.25) is 5.13 Å². The molecule has 3 rings (SSSR count). The lowest BCUT2D eigenvalue weighted by Gasteiger charge is -2.11. The highest BCUT2D eigenvalue weighted by molar-refractivity contribution is 7.92. The van der Waals surface area contributed by atoms with Crippen molar-refractivity contribution in [3.05, 3.63) is 64.4 Å². The zero-order valence-corrected chi connectivity index (χ0v) is 16.7. The van der Waals surface area contributed by atoms with E-state index < -0.39 is 21.7 Å². The molecule has 0 spiro atoms. The first kappa shape index (κ1) is 19.9. The molecule has 0 saturated heterocycles. The molecule has 1 aromatic heterocycles. The average Bonchev–Trinajstić information content (AvgIpc) is 3.11. The molecule has 0 bridgehead atoms. The minimum atomic E-state index is -3.95. The molecule has 1 amide bonds. The number of benzene rings is 2. The summed E-state index contributed by atoms with van der Waals surface area (Å²) in [5.74, 6) is -0.949. The van der Waals surface area contributed by atoms with E-state index in [-0.39, 0.29) is 16.1 Å². The molecule has 146 valence electrons. The van der Waals surface area contributed by atoms with E-state index in [2.05, 4.69) is 20.2 Å². The summed E-state index contributed by atoms with van der Waals surface area (Å²) < 4.78 is 40.6. The van der Waals surface area contributed by atoms with Crippen molar-refractivity contribution in [3.63, 3.8) is 0 Å². The van der Waals surface area contributed by atoms with Gasteiger partial charge in [-0.1, -0.05) is 24.3 Å². The van der Waals surface area contributed by atoms with Gasteiger partial charge in [0, 0.05) is 11.3 Å². The van der Waals surface area contributed by atoms with Gasteiger partial charge < -0.3 is 0 Å². The second-order valence-corrected chi connectivity index (χ2v) is 8.64. The molecule has 28 heavy (non-hydrogen) atoms. The van der Waals surface area contributed by atoms with Gasteiger partial charge in [0.25, 0.3) is 15.9 Å². The van der Waals surface area contributed by atoms with Crippen molar-refractivity contribution >= 4 is 38.1 Å². The normalized spacial score (nSPS) is 11.2. The molecule has 2 aromatic carbocycles. The third-order valence-corrected chi connectivity index (χ3v) is 6.21. The van der Waals surface area contributed by atoms with Crippen molar-refractivity contribution in [1.82, 2.24) is 10.2 Å². The quantitative estimate of drug-likeness (QED) is 0.635. The number of hydrogen-bond donors (Lipinski definition) is 2. The number of nitrogens with one attached hydrogen (secondary N) is 2. The van der Waals surface area contributed by atoms with Crippen molar-refractivity contribution in [2.75, 3.05) is 10.0 Å². The summed E-state index contributed by atoms with van der Waals surface area (Å²) in [4.78, 5) is 12.5. The van der Waals surface area contributed by atoms with E-state index in [0.717, 1.165) is 17.1 Å². The highest BCUT2D eigenvalue weighted by Gasteiger charge is 2.19. The molecule has 0 aliphatic rings. The number of nitrogens with zero attached hydrogens (tertiary/aromatic N) is 2. The van der Waals surface area contributed by atoms with Gasteiger partial charge in [0.15, 0.2) is 0 Å². The molecule has 0 radical (unpaired) electrons. The van der Waals surface area contributed by atoms with Crippen molar-refractivity contribution in [2.45, 2.75) is 25.2 Å². The second-order valence-electron chi connectivity index (χ2n) is 5.90. The van der Waals surface area contributed by atoms with Crippen LogP contribution in [0.5, 0.6) is 0 Å². The number of rotatable bonds is 6. The van der Waals surface area contributed by atoms with Crippen LogP contribution < -0.4 is 10.0 Å². The van der Waals surface area contributed by atoms with E-state index in [0.29, 0.717) is 17.1 Å². The molecule has 0 saturated carbocycles. The van der Waals surface area contributed by atoms with Gasteiger partial charge in [0.1, 0.15) is 10.8 Å². The molecule has 0 aliphatic carbocycles. The Balaban J connectivity index is 1.85. The average molecular weight is 420 g/mol. The highest BCUT2D eigenvalue weighted by Crippen LogP contribution is 2.22. The van der Waals surface area contributed by atoms with Crippen LogP contribution in [0.1, 0.15) is 27.9 Å². The standard InChI is InChI=1S/C18H17FN4O3S2/c1-3-16-21-22-18(27-16)20-17(24)15-10-14(9-4-11(15)2)28(25,26)23-13-7-5-12(19)6-8-13/h4-10,23H,3H2,1-2H3,(H,20,22,24). The molecular weight excluding hydrogens is 403 g/mol. The second kappa shape index (κ2) is 8.03. The Hall–Kier alpha value is -2.85.